The van der Waals surface area contributed by atoms with Crippen molar-refractivity contribution in [1.29, 1.82) is 0 Å². The van der Waals surface area contributed by atoms with Crippen LogP contribution in [0.4, 0.5) is 5.69 Å². The second-order valence-electron chi connectivity index (χ2n) is 5.81. The zero-order chi connectivity index (χ0) is 17.3. The molecule has 0 saturated heterocycles. The summed E-state index contributed by atoms with van der Waals surface area (Å²) in [5, 5.41) is 12.0. The topological polar surface area (TPSA) is 42.7 Å². The first-order valence-corrected chi connectivity index (χ1v) is 9.83. The lowest BCUT2D eigenvalue weighted by Crippen LogP contribution is -1.92. The minimum atomic E-state index is 0.906. The van der Waals surface area contributed by atoms with Gasteiger partial charge in [-0.1, -0.05) is 53.7 Å². The molecule has 0 aliphatic carbocycles. The number of rotatable bonds is 4. The standard InChI is InChI=1S/C20H14N4S2/c1-2-8-15-14(6-1)7-5-10-16(15)22-26-20-13-12-19(25-20)24-18-11-4-3-9-17(18)21-23-24/h1-13,22H. The van der Waals surface area contributed by atoms with Gasteiger partial charge in [-0.15, -0.1) is 16.4 Å². The first-order chi connectivity index (χ1) is 12.9. The van der Waals surface area contributed by atoms with Crippen molar-refractivity contribution in [2.24, 2.45) is 0 Å². The van der Waals surface area contributed by atoms with E-state index >= 15 is 0 Å². The number of nitrogens with zero attached hydrogens (tertiary/aromatic N) is 3. The van der Waals surface area contributed by atoms with Crippen LogP contribution in [0.3, 0.4) is 0 Å². The molecule has 0 radical (unpaired) electrons. The van der Waals surface area contributed by atoms with Crippen molar-refractivity contribution >= 4 is 50.8 Å². The van der Waals surface area contributed by atoms with Crippen LogP contribution < -0.4 is 4.72 Å². The minimum absolute atomic E-state index is 0.906. The molecule has 2 heterocycles. The Morgan fingerprint density at radius 2 is 1.69 bits per heavy atom. The lowest BCUT2D eigenvalue weighted by molar-refractivity contribution is 0.835. The molecule has 0 unspecified atom stereocenters. The molecule has 0 amide bonds. The maximum absolute atomic E-state index is 4.29. The molecule has 0 atom stereocenters. The molecule has 6 heteroatoms. The van der Waals surface area contributed by atoms with Gasteiger partial charge in [0.2, 0.25) is 0 Å². The number of benzene rings is 3. The molecule has 2 aromatic heterocycles. The highest BCUT2D eigenvalue weighted by molar-refractivity contribution is 8.02. The normalized spacial score (nSPS) is 11.2. The number of thiophene rings is 1. The van der Waals surface area contributed by atoms with Crippen molar-refractivity contribution in [3.05, 3.63) is 78.9 Å². The van der Waals surface area contributed by atoms with Gasteiger partial charge in [-0.25, -0.2) is 4.68 Å². The van der Waals surface area contributed by atoms with Crippen LogP contribution in [-0.4, -0.2) is 15.0 Å². The van der Waals surface area contributed by atoms with Crippen LogP contribution in [0.15, 0.2) is 83.1 Å². The molecular formula is C20H14N4S2. The van der Waals surface area contributed by atoms with Gasteiger partial charge in [-0.3, -0.25) is 0 Å². The summed E-state index contributed by atoms with van der Waals surface area (Å²) >= 11 is 3.31. The Morgan fingerprint density at radius 3 is 2.69 bits per heavy atom. The summed E-state index contributed by atoms with van der Waals surface area (Å²) in [5.74, 6) is 0. The number of aromatic nitrogens is 3. The highest BCUT2D eigenvalue weighted by atomic mass is 32.2. The number of hydrogen-bond donors (Lipinski definition) is 1. The van der Waals surface area contributed by atoms with Crippen molar-refractivity contribution in [3.63, 3.8) is 0 Å². The molecular weight excluding hydrogens is 360 g/mol. The minimum Gasteiger partial charge on any atom is -0.324 e. The second kappa shape index (κ2) is 6.48. The van der Waals surface area contributed by atoms with Gasteiger partial charge < -0.3 is 4.72 Å². The summed E-state index contributed by atoms with van der Waals surface area (Å²) in [6.07, 6.45) is 0. The van der Waals surface area contributed by atoms with E-state index in [0.29, 0.717) is 0 Å². The van der Waals surface area contributed by atoms with E-state index in [9.17, 15) is 0 Å². The summed E-state index contributed by atoms with van der Waals surface area (Å²) in [5.41, 5.74) is 3.05. The van der Waals surface area contributed by atoms with Gasteiger partial charge in [0.1, 0.15) is 10.5 Å². The number of hydrogen-bond acceptors (Lipinski definition) is 5. The molecule has 0 aliphatic heterocycles. The average Bonchev–Trinajstić information content (AvgIpc) is 3.33. The van der Waals surface area contributed by atoms with Crippen LogP contribution in [0.25, 0.3) is 26.8 Å². The fourth-order valence-corrected chi connectivity index (χ4v) is 4.70. The first-order valence-electron chi connectivity index (χ1n) is 8.20. The van der Waals surface area contributed by atoms with E-state index in [4.69, 9.17) is 0 Å². The quantitative estimate of drug-likeness (QED) is 0.407. The van der Waals surface area contributed by atoms with Crippen LogP contribution in [0.5, 0.6) is 0 Å². The van der Waals surface area contributed by atoms with E-state index < -0.39 is 0 Å². The first kappa shape index (κ1) is 15.4. The Kier molecular flexibility index (Phi) is 3.84. The summed E-state index contributed by atoms with van der Waals surface area (Å²) in [7, 11) is 0. The zero-order valence-electron chi connectivity index (χ0n) is 13.7. The predicted molar refractivity (Wildman–Crippen MR) is 110 cm³/mol. The Labute approximate surface area is 158 Å². The Balaban J connectivity index is 1.41. The maximum atomic E-state index is 4.29. The second-order valence-corrected chi connectivity index (χ2v) is 7.98. The summed E-state index contributed by atoms with van der Waals surface area (Å²) in [4.78, 5) is 0. The van der Waals surface area contributed by atoms with E-state index in [0.717, 1.165) is 21.7 Å². The molecule has 5 aromatic rings. The van der Waals surface area contributed by atoms with Crippen LogP contribution >= 0.6 is 23.3 Å². The highest BCUT2D eigenvalue weighted by Gasteiger charge is 2.09. The number of fused-ring (bicyclic) bond motifs is 2. The molecule has 5 rings (SSSR count). The molecule has 4 nitrogen and oxygen atoms in total. The molecule has 0 fully saturated rings. The fourth-order valence-electron chi connectivity index (χ4n) is 2.93. The van der Waals surface area contributed by atoms with Gasteiger partial charge in [-0.2, -0.15) is 0 Å². The van der Waals surface area contributed by atoms with Crippen LogP contribution in [0.2, 0.25) is 0 Å². The Morgan fingerprint density at radius 1 is 0.846 bits per heavy atom. The van der Waals surface area contributed by atoms with E-state index in [-0.39, 0.29) is 0 Å². The maximum Gasteiger partial charge on any atom is 0.121 e. The van der Waals surface area contributed by atoms with Gasteiger partial charge in [0.15, 0.2) is 0 Å². The fraction of sp³-hybridized carbons (Fsp3) is 0. The van der Waals surface area contributed by atoms with Crippen LogP contribution in [-0.2, 0) is 0 Å². The van der Waals surface area contributed by atoms with Gasteiger partial charge in [0.05, 0.1) is 15.4 Å². The van der Waals surface area contributed by atoms with Crippen molar-refractivity contribution in [2.75, 3.05) is 4.72 Å². The monoisotopic (exact) mass is 374 g/mol. The molecule has 3 aromatic carbocycles. The zero-order valence-corrected chi connectivity index (χ0v) is 15.3. The van der Waals surface area contributed by atoms with E-state index in [1.165, 1.54) is 15.0 Å². The lowest BCUT2D eigenvalue weighted by Gasteiger charge is -2.07. The van der Waals surface area contributed by atoms with Gasteiger partial charge in [0.25, 0.3) is 0 Å². The summed E-state index contributed by atoms with van der Waals surface area (Å²) in [6.45, 7) is 0. The van der Waals surface area contributed by atoms with Gasteiger partial charge in [-0.05, 0) is 47.7 Å². The van der Waals surface area contributed by atoms with Crippen molar-refractivity contribution in [1.82, 2.24) is 15.0 Å². The Hall–Kier alpha value is -2.83. The van der Waals surface area contributed by atoms with Gasteiger partial charge >= 0.3 is 0 Å². The number of anilines is 1. The molecule has 0 saturated carbocycles. The highest BCUT2D eigenvalue weighted by Crippen LogP contribution is 2.33. The average molecular weight is 374 g/mol. The van der Waals surface area contributed by atoms with Crippen molar-refractivity contribution < 1.29 is 0 Å². The third-order valence-electron chi connectivity index (χ3n) is 4.18. The third kappa shape index (κ3) is 2.73. The van der Waals surface area contributed by atoms with E-state index in [1.54, 1.807) is 23.3 Å². The van der Waals surface area contributed by atoms with Crippen LogP contribution in [0.1, 0.15) is 0 Å². The largest absolute Gasteiger partial charge is 0.324 e. The van der Waals surface area contributed by atoms with E-state index in [1.807, 2.05) is 28.9 Å². The molecule has 126 valence electrons. The predicted octanol–water partition coefficient (Wildman–Crippen LogP) is 5.75. The van der Waals surface area contributed by atoms with Crippen molar-refractivity contribution in [3.8, 4) is 5.00 Å². The smallest absolute Gasteiger partial charge is 0.121 e. The lowest BCUT2D eigenvalue weighted by atomic mass is 10.1. The van der Waals surface area contributed by atoms with Gasteiger partial charge in [0, 0.05) is 5.39 Å². The number of nitrogens with one attached hydrogen (secondary N) is 1. The molecule has 1 N–H and O–H groups in total. The molecule has 26 heavy (non-hydrogen) atoms. The third-order valence-corrected chi connectivity index (χ3v) is 6.19. The summed E-state index contributed by atoms with van der Waals surface area (Å²) in [6, 6.07) is 26.9. The molecule has 0 aliphatic rings. The summed E-state index contributed by atoms with van der Waals surface area (Å²) < 4.78 is 6.55. The van der Waals surface area contributed by atoms with E-state index in [2.05, 4.69) is 69.6 Å². The number of para-hydroxylation sites is 1. The SMILES string of the molecule is c1ccc2c(NSc3ccc(-n4nnc5ccccc54)s3)cccc2c1. The molecule has 0 spiro atoms. The van der Waals surface area contributed by atoms with Crippen LogP contribution in [0, 0.1) is 0 Å². The van der Waals surface area contributed by atoms with Crippen molar-refractivity contribution in [2.45, 2.75) is 4.21 Å². The molecule has 0 bridgehead atoms. The Bertz CT molecular complexity index is 1200.